The molecular formula is C12H20N4. The summed E-state index contributed by atoms with van der Waals surface area (Å²) in [5.74, 6) is 0. The molecule has 1 fully saturated rings. The minimum atomic E-state index is 0.572. The molecule has 16 heavy (non-hydrogen) atoms. The van der Waals surface area contributed by atoms with Gasteiger partial charge >= 0.3 is 0 Å². The van der Waals surface area contributed by atoms with E-state index in [2.05, 4.69) is 27.1 Å². The summed E-state index contributed by atoms with van der Waals surface area (Å²) in [6.07, 6.45) is 8.98. The summed E-state index contributed by atoms with van der Waals surface area (Å²) in [6, 6.07) is 0.572. The largest absolute Gasteiger partial charge is 0.380 e. The number of aromatic nitrogens is 2. The molecule has 1 aliphatic rings. The first-order valence-electron chi connectivity index (χ1n) is 6.12. The maximum absolute atomic E-state index is 4.02. The number of nitrogens with zero attached hydrogens (tertiary/aromatic N) is 3. The molecule has 1 aromatic heterocycles. The Hall–Kier alpha value is -1.16. The topological polar surface area (TPSA) is 41.0 Å². The van der Waals surface area contributed by atoms with Crippen LogP contribution in [-0.2, 0) is 0 Å². The minimum Gasteiger partial charge on any atom is -0.380 e. The molecule has 2 rings (SSSR count). The van der Waals surface area contributed by atoms with Gasteiger partial charge in [0, 0.05) is 12.6 Å². The lowest BCUT2D eigenvalue weighted by atomic mass is 10.1. The van der Waals surface area contributed by atoms with E-state index in [1.54, 1.807) is 6.33 Å². The van der Waals surface area contributed by atoms with Crippen LogP contribution in [0.5, 0.6) is 0 Å². The summed E-state index contributed by atoms with van der Waals surface area (Å²) >= 11 is 0. The van der Waals surface area contributed by atoms with E-state index in [9.17, 15) is 0 Å². The number of likely N-dealkylation sites (tertiary alicyclic amines) is 1. The Morgan fingerprint density at radius 1 is 1.31 bits per heavy atom. The summed E-state index contributed by atoms with van der Waals surface area (Å²) in [5.41, 5.74) is 1.04. The maximum atomic E-state index is 4.02. The molecule has 1 aliphatic heterocycles. The van der Waals surface area contributed by atoms with Crippen molar-refractivity contribution in [1.29, 1.82) is 0 Å². The Morgan fingerprint density at radius 2 is 2.12 bits per heavy atom. The number of rotatable bonds is 3. The van der Waals surface area contributed by atoms with Crippen molar-refractivity contribution in [2.24, 2.45) is 0 Å². The smallest absolute Gasteiger partial charge is 0.115 e. The summed E-state index contributed by atoms with van der Waals surface area (Å²) in [4.78, 5) is 10.6. The van der Waals surface area contributed by atoms with E-state index in [1.165, 1.54) is 38.9 Å². The van der Waals surface area contributed by atoms with Crippen molar-refractivity contribution >= 4 is 5.69 Å². The van der Waals surface area contributed by atoms with Crippen LogP contribution in [0.4, 0.5) is 5.69 Å². The summed E-state index contributed by atoms with van der Waals surface area (Å²) in [7, 11) is 0. The lowest BCUT2D eigenvalue weighted by Crippen LogP contribution is -2.26. The van der Waals surface area contributed by atoms with E-state index >= 15 is 0 Å². The van der Waals surface area contributed by atoms with Crippen molar-refractivity contribution in [2.75, 3.05) is 25.0 Å². The van der Waals surface area contributed by atoms with Gasteiger partial charge in [0.05, 0.1) is 18.1 Å². The molecule has 1 aromatic rings. The molecule has 0 spiro atoms. The van der Waals surface area contributed by atoms with E-state index in [0.29, 0.717) is 6.04 Å². The van der Waals surface area contributed by atoms with Gasteiger partial charge in [0.25, 0.3) is 0 Å². The monoisotopic (exact) mass is 220 g/mol. The molecule has 0 amide bonds. The lowest BCUT2D eigenvalue weighted by Gasteiger charge is -2.18. The van der Waals surface area contributed by atoms with Gasteiger partial charge in [0.15, 0.2) is 0 Å². The van der Waals surface area contributed by atoms with Crippen molar-refractivity contribution < 1.29 is 0 Å². The molecule has 0 radical (unpaired) electrons. The molecule has 4 heteroatoms. The zero-order valence-electron chi connectivity index (χ0n) is 9.89. The molecule has 0 bridgehead atoms. The van der Waals surface area contributed by atoms with Crippen LogP contribution in [0, 0.1) is 0 Å². The van der Waals surface area contributed by atoms with E-state index in [4.69, 9.17) is 0 Å². The van der Waals surface area contributed by atoms with Gasteiger partial charge in [-0.3, -0.25) is 0 Å². The van der Waals surface area contributed by atoms with E-state index in [0.717, 1.165) is 5.69 Å². The third kappa shape index (κ3) is 3.17. The second kappa shape index (κ2) is 5.80. The number of anilines is 1. The van der Waals surface area contributed by atoms with Gasteiger partial charge in [-0.1, -0.05) is 6.92 Å². The average Bonchev–Trinajstić information content (AvgIpc) is 2.56. The Balaban J connectivity index is 1.86. The molecule has 88 valence electrons. The summed E-state index contributed by atoms with van der Waals surface area (Å²) < 4.78 is 0. The Labute approximate surface area is 97.1 Å². The fourth-order valence-electron chi connectivity index (χ4n) is 2.23. The van der Waals surface area contributed by atoms with Gasteiger partial charge in [0.2, 0.25) is 0 Å². The van der Waals surface area contributed by atoms with Gasteiger partial charge in [0.1, 0.15) is 6.33 Å². The van der Waals surface area contributed by atoms with Crippen molar-refractivity contribution in [3.63, 3.8) is 0 Å². The standard InChI is InChI=1S/C12H20N4/c1-2-16-6-3-4-11(5-7-16)15-12-8-13-10-14-9-12/h8-11,15H,2-7H2,1H3. The van der Waals surface area contributed by atoms with Gasteiger partial charge in [-0.15, -0.1) is 0 Å². The lowest BCUT2D eigenvalue weighted by molar-refractivity contribution is 0.300. The van der Waals surface area contributed by atoms with Crippen LogP contribution in [0.3, 0.4) is 0 Å². The molecule has 4 nitrogen and oxygen atoms in total. The highest BCUT2D eigenvalue weighted by Crippen LogP contribution is 2.15. The summed E-state index contributed by atoms with van der Waals surface area (Å²) in [5, 5.41) is 3.51. The molecule has 1 atom stereocenters. The van der Waals surface area contributed by atoms with Crippen LogP contribution in [0.25, 0.3) is 0 Å². The van der Waals surface area contributed by atoms with Gasteiger partial charge < -0.3 is 10.2 Å². The first-order valence-corrected chi connectivity index (χ1v) is 6.12. The molecule has 0 aromatic carbocycles. The fourth-order valence-corrected chi connectivity index (χ4v) is 2.23. The Morgan fingerprint density at radius 3 is 2.88 bits per heavy atom. The van der Waals surface area contributed by atoms with Crippen molar-refractivity contribution in [2.45, 2.75) is 32.2 Å². The summed E-state index contributed by atoms with van der Waals surface area (Å²) in [6.45, 7) is 5.84. The van der Waals surface area contributed by atoms with E-state index < -0.39 is 0 Å². The van der Waals surface area contributed by atoms with Crippen molar-refractivity contribution in [3.05, 3.63) is 18.7 Å². The highest BCUT2D eigenvalue weighted by atomic mass is 15.1. The number of hydrogen-bond acceptors (Lipinski definition) is 4. The highest BCUT2D eigenvalue weighted by Gasteiger charge is 2.15. The maximum Gasteiger partial charge on any atom is 0.115 e. The van der Waals surface area contributed by atoms with E-state index in [1.807, 2.05) is 12.4 Å². The number of nitrogens with one attached hydrogen (secondary N) is 1. The molecule has 0 aliphatic carbocycles. The minimum absolute atomic E-state index is 0.572. The number of hydrogen-bond donors (Lipinski definition) is 1. The second-order valence-corrected chi connectivity index (χ2v) is 4.33. The van der Waals surface area contributed by atoms with Crippen LogP contribution in [0.1, 0.15) is 26.2 Å². The molecule has 1 saturated heterocycles. The second-order valence-electron chi connectivity index (χ2n) is 4.33. The predicted octanol–water partition coefficient (Wildman–Crippen LogP) is 1.76. The predicted molar refractivity (Wildman–Crippen MR) is 65.4 cm³/mol. The van der Waals surface area contributed by atoms with Crippen LogP contribution in [-0.4, -0.2) is 40.5 Å². The molecule has 1 N–H and O–H groups in total. The molecule has 2 heterocycles. The zero-order chi connectivity index (χ0) is 11.2. The first-order chi connectivity index (χ1) is 7.88. The Kier molecular flexibility index (Phi) is 4.10. The SMILES string of the molecule is CCN1CCCC(Nc2cncnc2)CC1. The van der Waals surface area contributed by atoms with Crippen LogP contribution >= 0.6 is 0 Å². The van der Waals surface area contributed by atoms with Crippen molar-refractivity contribution in [3.8, 4) is 0 Å². The zero-order valence-corrected chi connectivity index (χ0v) is 9.89. The quantitative estimate of drug-likeness (QED) is 0.842. The van der Waals surface area contributed by atoms with E-state index in [-0.39, 0.29) is 0 Å². The third-order valence-electron chi connectivity index (χ3n) is 3.20. The van der Waals surface area contributed by atoms with Gasteiger partial charge in [-0.05, 0) is 32.4 Å². The highest BCUT2D eigenvalue weighted by molar-refractivity contribution is 5.38. The normalized spacial score (nSPS) is 22.7. The molecule has 0 saturated carbocycles. The van der Waals surface area contributed by atoms with Gasteiger partial charge in [-0.2, -0.15) is 0 Å². The fraction of sp³-hybridized carbons (Fsp3) is 0.667. The van der Waals surface area contributed by atoms with Gasteiger partial charge in [-0.25, -0.2) is 9.97 Å². The molecular weight excluding hydrogens is 200 g/mol. The van der Waals surface area contributed by atoms with Crippen LogP contribution < -0.4 is 5.32 Å². The van der Waals surface area contributed by atoms with Crippen LogP contribution in [0.2, 0.25) is 0 Å². The molecule has 1 unspecified atom stereocenters. The first kappa shape index (κ1) is 11.3. The third-order valence-corrected chi connectivity index (χ3v) is 3.20. The Bertz CT molecular complexity index is 301. The van der Waals surface area contributed by atoms with Crippen molar-refractivity contribution in [1.82, 2.24) is 14.9 Å². The van der Waals surface area contributed by atoms with Crippen LogP contribution in [0.15, 0.2) is 18.7 Å². The average molecular weight is 220 g/mol.